The average molecular weight is 267 g/mol. The zero-order valence-corrected chi connectivity index (χ0v) is 10.6. The summed E-state index contributed by atoms with van der Waals surface area (Å²) in [6, 6.07) is 11.7. The third kappa shape index (κ3) is 1.52. The lowest BCUT2D eigenvalue weighted by Crippen LogP contribution is -2.10. The van der Waals surface area contributed by atoms with Crippen molar-refractivity contribution in [3.05, 3.63) is 58.3 Å². The molecule has 0 aliphatic rings. The summed E-state index contributed by atoms with van der Waals surface area (Å²) in [4.78, 5) is 20.4. The highest BCUT2D eigenvalue weighted by atomic mass is 32.1. The molecule has 0 radical (unpaired) electrons. The molecule has 4 aromatic rings. The van der Waals surface area contributed by atoms with Crippen LogP contribution in [-0.2, 0) is 0 Å². The van der Waals surface area contributed by atoms with Crippen LogP contribution in [-0.4, -0.2) is 14.4 Å². The number of thiophene rings is 1. The van der Waals surface area contributed by atoms with E-state index in [1.165, 1.54) is 0 Å². The lowest BCUT2D eigenvalue weighted by molar-refractivity contribution is 1.17. The predicted molar refractivity (Wildman–Crippen MR) is 76.6 cm³/mol. The maximum absolute atomic E-state index is 12.0. The number of para-hydroxylation sites is 2. The third-order valence-corrected chi connectivity index (χ3v) is 3.99. The molecule has 1 N–H and O–H groups in total. The van der Waals surface area contributed by atoms with E-state index in [0.717, 1.165) is 21.6 Å². The van der Waals surface area contributed by atoms with E-state index in [1.807, 2.05) is 52.4 Å². The van der Waals surface area contributed by atoms with Crippen LogP contribution in [0.2, 0.25) is 0 Å². The first-order chi connectivity index (χ1) is 9.33. The van der Waals surface area contributed by atoms with Crippen LogP contribution in [0.5, 0.6) is 0 Å². The standard InChI is InChI=1S/C14H9N3OS/c18-14-13-15-10(12-6-3-7-19-12)8-17(13)11-5-2-1-4-9(11)16-14/h1-8H,(H,16,18). The van der Waals surface area contributed by atoms with E-state index >= 15 is 0 Å². The first-order valence-corrected chi connectivity index (χ1v) is 6.75. The molecular formula is C14H9N3OS. The van der Waals surface area contributed by atoms with Crippen LogP contribution in [0.15, 0.2) is 52.8 Å². The van der Waals surface area contributed by atoms with Crippen molar-refractivity contribution >= 4 is 28.0 Å². The number of hydrogen-bond acceptors (Lipinski definition) is 3. The molecular weight excluding hydrogens is 258 g/mol. The highest BCUT2D eigenvalue weighted by molar-refractivity contribution is 7.13. The number of nitrogens with zero attached hydrogens (tertiary/aromatic N) is 2. The second-order valence-corrected chi connectivity index (χ2v) is 5.22. The number of imidazole rings is 1. The zero-order chi connectivity index (χ0) is 12.8. The molecule has 0 atom stereocenters. The highest BCUT2D eigenvalue weighted by Gasteiger charge is 2.10. The van der Waals surface area contributed by atoms with E-state index in [-0.39, 0.29) is 5.56 Å². The lowest BCUT2D eigenvalue weighted by Gasteiger charge is -1.99. The van der Waals surface area contributed by atoms with Gasteiger partial charge in [0.25, 0.3) is 5.56 Å². The van der Waals surface area contributed by atoms with Gasteiger partial charge in [0.2, 0.25) is 5.65 Å². The Morgan fingerprint density at radius 3 is 2.89 bits per heavy atom. The minimum Gasteiger partial charge on any atom is -0.317 e. The van der Waals surface area contributed by atoms with Crippen LogP contribution in [0, 0.1) is 0 Å². The van der Waals surface area contributed by atoms with Gasteiger partial charge in [-0.3, -0.25) is 9.20 Å². The Morgan fingerprint density at radius 1 is 1.16 bits per heavy atom. The number of fused-ring (bicyclic) bond motifs is 3. The van der Waals surface area contributed by atoms with Crippen molar-refractivity contribution in [3.8, 4) is 10.6 Å². The highest BCUT2D eigenvalue weighted by Crippen LogP contribution is 2.24. The van der Waals surface area contributed by atoms with E-state index in [0.29, 0.717) is 5.65 Å². The van der Waals surface area contributed by atoms with Crippen molar-refractivity contribution in [2.75, 3.05) is 0 Å². The molecule has 4 rings (SSSR count). The van der Waals surface area contributed by atoms with Crippen molar-refractivity contribution in [2.45, 2.75) is 0 Å². The minimum atomic E-state index is -0.165. The van der Waals surface area contributed by atoms with Gasteiger partial charge in [-0.2, -0.15) is 0 Å². The largest absolute Gasteiger partial charge is 0.317 e. The van der Waals surface area contributed by atoms with E-state index in [2.05, 4.69) is 9.97 Å². The summed E-state index contributed by atoms with van der Waals surface area (Å²) in [6.45, 7) is 0. The topological polar surface area (TPSA) is 50.2 Å². The molecule has 92 valence electrons. The van der Waals surface area contributed by atoms with Gasteiger partial charge in [-0.15, -0.1) is 11.3 Å². The van der Waals surface area contributed by atoms with Crippen LogP contribution < -0.4 is 5.56 Å². The molecule has 19 heavy (non-hydrogen) atoms. The van der Waals surface area contributed by atoms with Gasteiger partial charge in [-0.05, 0) is 23.6 Å². The molecule has 1 aromatic carbocycles. The second-order valence-electron chi connectivity index (χ2n) is 4.27. The molecule has 0 bridgehead atoms. The van der Waals surface area contributed by atoms with Gasteiger partial charge in [0.1, 0.15) is 0 Å². The molecule has 3 aromatic heterocycles. The second kappa shape index (κ2) is 3.80. The van der Waals surface area contributed by atoms with E-state index in [1.54, 1.807) is 11.3 Å². The average Bonchev–Trinajstić information content (AvgIpc) is 3.08. The SMILES string of the molecule is O=c1[nH]c2ccccc2n2cc(-c3cccs3)nc12. The fourth-order valence-corrected chi connectivity index (χ4v) is 2.91. The third-order valence-electron chi connectivity index (χ3n) is 3.09. The lowest BCUT2D eigenvalue weighted by atomic mass is 10.3. The fourth-order valence-electron chi connectivity index (χ4n) is 2.23. The first kappa shape index (κ1) is 10.5. The first-order valence-electron chi connectivity index (χ1n) is 5.87. The number of aromatic amines is 1. The van der Waals surface area contributed by atoms with Crippen LogP contribution in [0.25, 0.3) is 27.3 Å². The Labute approximate surface area is 112 Å². The number of aromatic nitrogens is 3. The molecule has 0 spiro atoms. The van der Waals surface area contributed by atoms with Gasteiger partial charge >= 0.3 is 0 Å². The van der Waals surface area contributed by atoms with Crippen LogP contribution in [0.4, 0.5) is 0 Å². The number of benzene rings is 1. The molecule has 4 nitrogen and oxygen atoms in total. The van der Waals surface area contributed by atoms with Gasteiger partial charge in [-0.25, -0.2) is 4.98 Å². The summed E-state index contributed by atoms with van der Waals surface area (Å²) < 4.78 is 1.85. The Morgan fingerprint density at radius 2 is 2.05 bits per heavy atom. The number of H-pyrrole nitrogens is 1. The smallest absolute Gasteiger partial charge is 0.292 e. The molecule has 0 saturated carbocycles. The minimum absolute atomic E-state index is 0.165. The molecule has 5 heteroatoms. The van der Waals surface area contributed by atoms with Gasteiger partial charge in [0, 0.05) is 6.20 Å². The van der Waals surface area contributed by atoms with Gasteiger partial charge < -0.3 is 4.98 Å². The van der Waals surface area contributed by atoms with Crippen LogP contribution >= 0.6 is 11.3 Å². The Bertz CT molecular complexity index is 934. The van der Waals surface area contributed by atoms with Gasteiger partial charge in [0.15, 0.2) is 0 Å². The number of hydrogen-bond donors (Lipinski definition) is 1. The molecule has 0 amide bonds. The van der Waals surface area contributed by atoms with Crippen LogP contribution in [0.1, 0.15) is 0 Å². The molecule has 0 fully saturated rings. The maximum Gasteiger partial charge on any atom is 0.292 e. The van der Waals surface area contributed by atoms with Crippen molar-refractivity contribution in [1.29, 1.82) is 0 Å². The summed E-state index contributed by atoms with van der Waals surface area (Å²) in [5.41, 5.74) is 2.86. The van der Waals surface area contributed by atoms with Gasteiger partial charge in [0.05, 0.1) is 21.6 Å². The van der Waals surface area contributed by atoms with Crippen molar-refractivity contribution in [2.24, 2.45) is 0 Å². The van der Waals surface area contributed by atoms with Gasteiger partial charge in [-0.1, -0.05) is 18.2 Å². The Kier molecular flexibility index (Phi) is 2.10. The molecule has 0 aliphatic heterocycles. The Hall–Kier alpha value is -2.40. The summed E-state index contributed by atoms with van der Waals surface area (Å²) >= 11 is 1.61. The van der Waals surface area contributed by atoms with E-state index in [9.17, 15) is 4.79 Å². The van der Waals surface area contributed by atoms with Crippen molar-refractivity contribution < 1.29 is 0 Å². The summed E-state index contributed by atoms with van der Waals surface area (Å²) in [7, 11) is 0. The van der Waals surface area contributed by atoms with E-state index in [4.69, 9.17) is 0 Å². The number of nitrogens with one attached hydrogen (secondary N) is 1. The Balaban J connectivity index is 2.16. The monoisotopic (exact) mass is 267 g/mol. The summed E-state index contributed by atoms with van der Waals surface area (Å²) in [6.07, 6.45) is 1.92. The predicted octanol–water partition coefficient (Wildman–Crippen LogP) is 2.90. The molecule has 0 unspecified atom stereocenters. The number of rotatable bonds is 1. The normalized spacial score (nSPS) is 11.4. The molecule has 0 aliphatic carbocycles. The van der Waals surface area contributed by atoms with Crippen molar-refractivity contribution in [1.82, 2.24) is 14.4 Å². The quantitative estimate of drug-likeness (QED) is 0.576. The fraction of sp³-hybridized carbons (Fsp3) is 0. The zero-order valence-electron chi connectivity index (χ0n) is 9.83. The van der Waals surface area contributed by atoms with Crippen LogP contribution in [0.3, 0.4) is 0 Å². The molecule has 0 saturated heterocycles. The summed E-state index contributed by atoms with van der Waals surface area (Å²) in [5, 5.41) is 2.00. The summed E-state index contributed by atoms with van der Waals surface area (Å²) in [5.74, 6) is 0. The maximum atomic E-state index is 12.0. The van der Waals surface area contributed by atoms with Crippen molar-refractivity contribution in [3.63, 3.8) is 0 Å². The van der Waals surface area contributed by atoms with E-state index < -0.39 is 0 Å². The molecule has 3 heterocycles.